The first-order valence-corrected chi connectivity index (χ1v) is 4.70. The molecular formula is C10H12N4O. The van der Waals surface area contributed by atoms with E-state index in [1.807, 2.05) is 36.0 Å². The normalized spacial score (nSPS) is 12.3. The van der Waals surface area contributed by atoms with Crippen LogP contribution in [0.4, 0.5) is 5.95 Å². The highest BCUT2D eigenvalue weighted by Gasteiger charge is 2.14. The van der Waals surface area contributed by atoms with Crippen molar-refractivity contribution in [3.8, 4) is 0 Å². The van der Waals surface area contributed by atoms with E-state index in [4.69, 9.17) is 0 Å². The number of nitrogens with zero attached hydrogens (tertiary/aromatic N) is 2. The Kier molecular flexibility index (Phi) is 2.53. The second-order valence-corrected chi connectivity index (χ2v) is 3.23. The Labute approximate surface area is 87.1 Å². The summed E-state index contributed by atoms with van der Waals surface area (Å²) >= 11 is 0. The molecule has 0 unspecified atom stereocenters. The second-order valence-electron chi connectivity index (χ2n) is 3.23. The van der Waals surface area contributed by atoms with Crippen molar-refractivity contribution in [2.75, 3.05) is 5.32 Å². The number of aromatic nitrogens is 3. The fourth-order valence-electron chi connectivity index (χ4n) is 1.30. The summed E-state index contributed by atoms with van der Waals surface area (Å²) in [6, 6.07) is 3.53. The largest absolute Gasteiger partial charge is 0.342 e. The summed E-state index contributed by atoms with van der Waals surface area (Å²) < 4.78 is 1.83. The first kappa shape index (κ1) is 9.51. The number of H-pyrrole nitrogens is 1. The number of anilines is 1. The van der Waals surface area contributed by atoms with Crippen molar-refractivity contribution in [1.29, 1.82) is 0 Å². The number of amides is 1. The Morgan fingerprint density at radius 1 is 1.53 bits per heavy atom. The highest BCUT2D eigenvalue weighted by atomic mass is 16.2. The van der Waals surface area contributed by atoms with E-state index in [9.17, 15) is 4.79 Å². The van der Waals surface area contributed by atoms with E-state index in [0.717, 1.165) is 0 Å². The zero-order valence-electron chi connectivity index (χ0n) is 8.34. The molecule has 0 aromatic carbocycles. The topological polar surface area (TPSA) is 62.7 Å². The third-order valence-corrected chi connectivity index (χ3v) is 2.19. The molecule has 0 radical (unpaired) electrons. The lowest BCUT2D eigenvalue weighted by Gasteiger charge is -2.12. The van der Waals surface area contributed by atoms with Crippen molar-refractivity contribution < 1.29 is 4.79 Å². The van der Waals surface area contributed by atoms with Gasteiger partial charge in [-0.05, 0) is 19.1 Å². The van der Waals surface area contributed by atoms with E-state index >= 15 is 0 Å². The molecule has 15 heavy (non-hydrogen) atoms. The summed E-state index contributed by atoms with van der Waals surface area (Å²) in [5, 5.41) is 2.68. The Morgan fingerprint density at radius 2 is 2.27 bits per heavy atom. The maximum atomic E-state index is 11.7. The van der Waals surface area contributed by atoms with Crippen LogP contribution in [0.25, 0.3) is 0 Å². The molecule has 1 atom stereocenters. The third-order valence-electron chi connectivity index (χ3n) is 2.19. The Hall–Kier alpha value is -2.04. The second kappa shape index (κ2) is 4.00. The summed E-state index contributed by atoms with van der Waals surface area (Å²) in [4.78, 5) is 18.5. The average molecular weight is 204 g/mol. The minimum Gasteiger partial charge on any atom is -0.342 e. The van der Waals surface area contributed by atoms with Gasteiger partial charge in [0.2, 0.25) is 11.9 Å². The SMILES string of the molecule is C[C@H](C(=O)Nc1ncc[nH]1)n1cccc1. The van der Waals surface area contributed by atoms with Gasteiger partial charge in [-0.15, -0.1) is 0 Å². The number of hydrogen-bond donors (Lipinski definition) is 2. The van der Waals surface area contributed by atoms with Crippen LogP contribution in [0.5, 0.6) is 0 Å². The highest BCUT2D eigenvalue weighted by Crippen LogP contribution is 2.08. The van der Waals surface area contributed by atoms with Crippen LogP contribution in [0.3, 0.4) is 0 Å². The smallest absolute Gasteiger partial charge is 0.249 e. The summed E-state index contributed by atoms with van der Waals surface area (Å²) in [7, 11) is 0. The predicted octanol–water partition coefficient (Wildman–Crippen LogP) is 1.41. The van der Waals surface area contributed by atoms with E-state index in [2.05, 4.69) is 15.3 Å². The molecular weight excluding hydrogens is 192 g/mol. The molecule has 1 amide bonds. The number of carbonyl (C=O) groups is 1. The zero-order chi connectivity index (χ0) is 10.7. The Morgan fingerprint density at radius 3 is 2.87 bits per heavy atom. The van der Waals surface area contributed by atoms with E-state index in [0.29, 0.717) is 5.95 Å². The fraction of sp³-hybridized carbons (Fsp3) is 0.200. The van der Waals surface area contributed by atoms with Gasteiger partial charge in [-0.25, -0.2) is 4.98 Å². The number of rotatable bonds is 3. The summed E-state index contributed by atoms with van der Waals surface area (Å²) in [5.41, 5.74) is 0. The molecule has 5 heteroatoms. The standard InChI is InChI=1S/C10H12N4O/c1-8(14-6-2-3-7-14)9(15)13-10-11-4-5-12-10/h2-8H,1H3,(H2,11,12,13,15)/t8-/m1/s1. The molecule has 0 aliphatic carbocycles. The predicted molar refractivity (Wildman–Crippen MR) is 56.4 cm³/mol. The lowest BCUT2D eigenvalue weighted by molar-refractivity contribution is -0.118. The number of carbonyl (C=O) groups excluding carboxylic acids is 1. The van der Waals surface area contributed by atoms with Gasteiger partial charge in [0.1, 0.15) is 6.04 Å². The van der Waals surface area contributed by atoms with Crippen molar-refractivity contribution in [3.05, 3.63) is 36.9 Å². The van der Waals surface area contributed by atoms with E-state index in [-0.39, 0.29) is 11.9 Å². The minimum atomic E-state index is -0.245. The molecule has 0 aliphatic heterocycles. The fourth-order valence-corrected chi connectivity index (χ4v) is 1.30. The van der Waals surface area contributed by atoms with Crippen molar-refractivity contribution in [1.82, 2.24) is 14.5 Å². The summed E-state index contributed by atoms with van der Waals surface area (Å²) in [6.07, 6.45) is 6.96. The van der Waals surface area contributed by atoms with Gasteiger partial charge in [0.15, 0.2) is 0 Å². The maximum Gasteiger partial charge on any atom is 0.249 e. The van der Waals surface area contributed by atoms with Crippen LogP contribution in [0.15, 0.2) is 36.9 Å². The van der Waals surface area contributed by atoms with Crippen LogP contribution in [-0.4, -0.2) is 20.4 Å². The van der Waals surface area contributed by atoms with Gasteiger partial charge in [0.05, 0.1) is 0 Å². The quantitative estimate of drug-likeness (QED) is 0.794. The van der Waals surface area contributed by atoms with Crippen LogP contribution in [0.1, 0.15) is 13.0 Å². The molecule has 0 aliphatic rings. The van der Waals surface area contributed by atoms with Gasteiger partial charge in [0, 0.05) is 24.8 Å². The molecule has 0 fully saturated rings. The summed E-state index contributed by atoms with van der Waals surface area (Å²) in [5.74, 6) is 0.375. The van der Waals surface area contributed by atoms with Gasteiger partial charge in [-0.1, -0.05) is 0 Å². The van der Waals surface area contributed by atoms with Gasteiger partial charge in [-0.2, -0.15) is 0 Å². The van der Waals surface area contributed by atoms with Crippen LogP contribution >= 0.6 is 0 Å². The van der Waals surface area contributed by atoms with Gasteiger partial charge >= 0.3 is 0 Å². The highest BCUT2D eigenvalue weighted by molar-refractivity contribution is 5.91. The monoisotopic (exact) mass is 204 g/mol. The van der Waals surface area contributed by atoms with Crippen LogP contribution in [0.2, 0.25) is 0 Å². The number of nitrogens with one attached hydrogen (secondary N) is 2. The molecule has 0 saturated carbocycles. The number of imidazole rings is 1. The molecule has 5 nitrogen and oxygen atoms in total. The van der Waals surface area contributed by atoms with Crippen molar-refractivity contribution in [2.45, 2.75) is 13.0 Å². The first-order valence-electron chi connectivity index (χ1n) is 4.70. The van der Waals surface area contributed by atoms with Crippen LogP contribution in [0, 0.1) is 0 Å². The molecule has 2 aromatic rings. The third kappa shape index (κ3) is 2.07. The molecule has 2 N–H and O–H groups in total. The number of hydrogen-bond acceptors (Lipinski definition) is 2. The Bertz CT molecular complexity index is 418. The maximum absolute atomic E-state index is 11.7. The van der Waals surface area contributed by atoms with Gasteiger partial charge in [0.25, 0.3) is 0 Å². The van der Waals surface area contributed by atoms with Crippen molar-refractivity contribution >= 4 is 11.9 Å². The van der Waals surface area contributed by atoms with Crippen LogP contribution in [-0.2, 0) is 4.79 Å². The van der Waals surface area contributed by atoms with E-state index < -0.39 is 0 Å². The van der Waals surface area contributed by atoms with Gasteiger partial charge in [-0.3, -0.25) is 10.1 Å². The van der Waals surface area contributed by atoms with E-state index in [1.165, 1.54) is 0 Å². The number of aromatic amines is 1. The van der Waals surface area contributed by atoms with E-state index in [1.54, 1.807) is 12.4 Å². The Balaban J connectivity index is 2.03. The lowest BCUT2D eigenvalue weighted by atomic mass is 10.3. The lowest BCUT2D eigenvalue weighted by Crippen LogP contribution is -2.23. The molecule has 0 spiro atoms. The van der Waals surface area contributed by atoms with Crippen molar-refractivity contribution in [2.24, 2.45) is 0 Å². The molecule has 2 aromatic heterocycles. The molecule has 0 bridgehead atoms. The van der Waals surface area contributed by atoms with Gasteiger partial charge < -0.3 is 9.55 Å². The minimum absolute atomic E-state index is 0.0962. The van der Waals surface area contributed by atoms with Crippen LogP contribution < -0.4 is 5.32 Å². The molecule has 0 saturated heterocycles. The molecule has 2 rings (SSSR count). The molecule has 78 valence electrons. The summed E-state index contributed by atoms with van der Waals surface area (Å²) in [6.45, 7) is 1.83. The van der Waals surface area contributed by atoms with Crippen molar-refractivity contribution in [3.63, 3.8) is 0 Å². The molecule has 2 heterocycles. The average Bonchev–Trinajstić information content (AvgIpc) is 2.88. The first-order chi connectivity index (χ1) is 7.27. The zero-order valence-corrected chi connectivity index (χ0v) is 8.34.